The number of halogens is 2. The largest absolute Gasteiger partial charge is 0.264 e. The molecule has 0 atom stereocenters. The fourth-order valence-electron chi connectivity index (χ4n) is 1.24. The van der Waals surface area contributed by atoms with Crippen molar-refractivity contribution in [3.05, 3.63) is 46.8 Å². The van der Waals surface area contributed by atoms with Gasteiger partial charge in [0.25, 0.3) is 10.0 Å². The van der Waals surface area contributed by atoms with Gasteiger partial charge in [0.1, 0.15) is 22.2 Å². The highest BCUT2D eigenvalue weighted by Crippen LogP contribution is 2.22. The molecule has 0 aliphatic carbocycles. The van der Waals surface area contributed by atoms with Crippen molar-refractivity contribution in [1.82, 2.24) is 9.97 Å². The number of hydrogen-bond donors (Lipinski definition) is 1. The SMILES string of the molecule is O=S(=O)(Nc1cc(Cl)ncn1)c1ccccc1Cl. The summed E-state index contributed by atoms with van der Waals surface area (Å²) in [5.41, 5.74) is 0. The van der Waals surface area contributed by atoms with Crippen LogP contribution in [0.4, 0.5) is 5.82 Å². The van der Waals surface area contributed by atoms with Crippen LogP contribution in [-0.2, 0) is 10.0 Å². The molecule has 1 aromatic heterocycles. The molecular weight excluding hydrogens is 297 g/mol. The van der Waals surface area contributed by atoms with E-state index in [9.17, 15) is 8.42 Å². The van der Waals surface area contributed by atoms with Gasteiger partial charge >= 0.3 is 0 Å². The predicted octanol–water partition coefficient (Wildman–Crippen LogP) is 2.58. The molecule has 0 spiro atoms. The average molecular weight is 304 g/mol. The van der Waals surface area contributed by atoms with Crippen molar-refractivity contribution in [3.8, 4) is 0 Å². The van der Waals surface area contributed by atoms with Crippen LogP contribution in [0.3, 0.4) is 0 Å². The number of anilines is 1. The number of rotatable bonds is 3. The molecule has 8 heteroatoms. The predicted molar refractivity (Wildman–Crippen MR) is 69.3 cm³/mol. The first kappa shape index (κ1) is 13.1. The van der Waals surface area contributed by atoms with E-state index in [1.54, 1.807) is 12.1 Å². The number of benzene rings is 1. The van der Waals surface area contributed by atoms with Gasteiger partial charge in [-0.3, -0.25) is 4.72 Å². The second kappa shape index (κ2) is 5.09. The molecular formula is C10H7Cl2N3O2S. The van der Waals surface area contributed by atoms with E-state index in [0.717, 1.165) is 6.33 Å². The molecule has 0 aliphatic rings. The molecule has 0 aliphatic heterocycles. The van der Waals surface area contributed by atoms with Crippen LogP contribution < -0.4 is 4.72 Å². The Bertz CT molecular complexity index is 676. The van der Waals surface area contributed by atoms with Crippen LogP contribution in [0.25, 0.3) is 0 Å². The van der Waals surface area contributed by atoms with Crippen molar-refractivity contribution < 1.29 is 8.42 Å². The molecule has 2 rings (SSSR count). The van der Waals surface area contributed by atoms with Gasteiger partial charge in [0.15, 0.2) is 0 Å². The summed E-state index contributed by atoms with van der Waals surface area (Å²) in [5, 5.41) is 0.270. The molecule has 0 amide bonds. The zero-order valence-corrected chi connectivity index (χ0v) is 11.2. The first-order valence-electron chi connectivity index (χ1n) is 4.74. The van der Waals surface area contributed by atoms with E-state index in [4.69, 9.17) is 23.2 Å². The Morgan fingerprint density at radius 1 is 1.11 bits per heavy atom. The Labute approximate surface area is 114 Å². The molecule has 5 nitrogen and oxygen atoms in total. The number of nitrogens with one attached hydrogen (secondary N) is 1. The molecule has 0 saturated heterocycles. The highest BCUT2D eigenvalue weighted by Gasteiger charge is 2.18. The maximum Gasteiger partial charge on any atom is 0.264 e. The minimum Gasteiger partial charge on any atom is -0.263 e. The van der Waals surface area contributed by atoms with Crippen molar-refractivity contribution in [3.63, 3.8) is 0 Å². The smallest absolute Gasteiger partial charge is 0.263 e. The Balaban J connectivity index is 2.37. The summed E-state index contributed by atoms with van der Waals surface area (Å²) in [7, 11) is -3.79. The van der Waals surface area contributed by atoms with Gasteiger partial charge in [-0.2, -0.15) is 0 Å². The number of aromatic nitrogens is 2. The van der Waals surface area contributed by atoms with E-state index in [-0.39, 0.29) is 20.9 Å². The quantitative estimate of drug-likeness (QED) is 0.885. The third kappa shape index (κ3) is 2.90. The average Bonchev–Trinajstić information content (AvgIpc) is 2.28. The summed E-state index contributed by atoms with van der Waals surface area (Å²) in [4.78, 5) is 7.38. The van der Waals surface area contributed by atoms with Crippen LogP contribution in [-0.4, -0.2) is 18.4 Å². The minimum absolute atomic E-state index is 0.0265. The van der Waals surface area contributed by atoms with E-state index < -0.39 is 10.0 Å². The second-order valence-electron chi connectivity index (χ2n) is 3.26. The van der Waals surface area contributed by atoms with Gasteiger partial charge in [0, 0.05) is 6.07 Å². The first-order valence-corrected chi connectivity index (χ1v) is 6.98. The lowest BCUT2D eigenvalue weighted by Gasteiger charge is -2.08. The molecule has 2 aromatic rings. The Kier molecular flexibility index (Phi) is 3.70. The van der Waals surface area contributed by atoms with Crippen LogP contribution in [0.15, 0.2) is 41.6 Å². The van der Waals surface area contributed by atoms with E-state index in [0.29, 0.717) is 0 Å². The van der Waals surface area contributed by atoms with E-state index in [1.807, 2.05) is 0 Å². The monoisotopic (exact) mass is 303 g/mol. The van der Waals surface area contributed by atoms with Crippen LogP contribution in [0.5, 0.6) is 0 Å². The van der Waals surface area contributed by atoms with E-state index >= 15 is 0 Å². The lowest BCUT2D eigenvalue weighted by atomic mass is 10.4. The fourth-order valence-corrected chi connectivity index (χ4v) is 2.91. The third-order valence-electron chi connectivity index (χ3n) is 2.00. The zero-order valence-electron chi connectivity index (χ0n) is 8.84. The van der Waals surface area contributed by atoms with E-state index in [2.05, 4.69) is 14.7 Å². The summed E-state index contributed by atoms with van der Waals surface area (Å²) < 4.78 is 26.3. The molecule has 0 bridgehead atoms. The van der Waals surface area contributed by atoms with Gasteiger partial charge in [-0.15, -0.1) is 0 Å². The van der Waals surface area contributed by atoms with Crippen molar-refractivity contribution in [1.29, 1.82) is 0 Å². The molecule has 18 heavy (non-hydrogen) atoms. The fraction of sp³-hybridized carbons (Fsp3) is 0. The highest BCUT2D eigenvalue weighted by atomic mass is 35.5. The highest BCUT2D eigenvalue weighted by molar-refractivity contribution is 7.92. The van der Waals surface area contributed by atoms with Gasteiger partial charge in [-0.1, -0.05) is 35.3 Å². The summed E-state index contributed by atoms with van der Waals surface area (Å²) in [6, 6.07) is 7.41. The van der Waals surface area contributed by atoms with Gasteiger partial charge in [-0.05, 0) is 12.1 Å². The molecule has 1 heterocycles. The lowest BCUT2D eigenvalue weighted by Crippen LogP contribution is -2.14. The first-order chi connectivity index (χ1) is 8.49. The number of nitrogens with zero attached hydrogens (tertiary/aromatic N) is 2. The van der Waals surface area contributed by atoms with Crippen LogP contribution >= 0.6 is 23.2 Å². The van der Waals surface area contributed by atoms with Gasteiger partial charge < -0.3 is 0 Å². The zero-order chi connectivity index (χ0) is 13.2. The third-order valence-corrected chi connectivity index (χ3v) is 4.06. The Morgan fingerprint density at radius 3 is 2.50 bits per heavy atom. The van der Waals surface area contributed by atoms with Crippen molar-refractivity contribution >= 4 is 39.0 Å². The molecule has 1 aromatic carbocycles. The summed E-state index contributed by atoms with van der Waals surface area (Å²) >= 11 is 11.5. The summed E-state index contributed by atoms with van der Waals surface area (Å²) in [6.07, 6.45) is 1.16. The molecule has 1 N–H and O–H groups in total. The molecule has 0 saturated carbocycles. The van der Waals surface area contributed by atoms with Crippen LogP contribution in [0.2, 0.25) is 10.2 Å². The van der Waals surface area contributed by atoms with E-state index in [1.165, 1.54) is 18.2 Å². The normalized spacial score (nSPS) is 11.2. The minimum atomic E-state index is -3.79. The van der Waals surface area contributed by atoms with Crippen molar-refractivity contribution in [2.24, 2.45) is 0 Å². The maximum atomic E-state index is 12.0. The lowest BCUT2D eigenvalue weighted by molar-refractivity contribution is 0.601. The Hall–Kier alpha value is -1.37. The number of sulfonamides is 1. The van der Waals surface area contributed by atoms with Crippen LogP contribution in [0.1, 0.15) is 0 Å². The van der Waals surface area contributed by atoms with Crippen molar-refractivity contribution in [2.45, 2.75) is 4.90 Å². The van der Waals surface area contributed by atoms with Gasteiger partial charge in [0.2, 0.25) is 0 Å². The Morgan fingerprint density at radius 2 is 1.83 bits per heavy atom. The van der Waals surface area contributed by atoms with Gasteiger partial charge in [-0.25, -0.2) is 18.4 Å². The van der Waals surface area contributed by atoms with Crippen molar-refractivity contribution in [2.75, 3.05) is 4.72 Å². The second-order valence-corrected chi connectivity index (χ2v) is 5.71. The van der Waals surface area contributed by atoms with Gasteiger partial charge in [0.05, 0.1) is 5.02 Å². The standard InChI is InChI=1S/C10H7Cl2N3O2S/c11-7-3-1-2-4-8(7)18(16,17)15-10-5-9(12)13-6-14-10/h1-6H,(H,13,14,15). The topological polar surface area (TPSA) is 72.0 Å². The molecule has 0 radical (unpaired) electrons. The summed E-state index contributed by atoms with van der Waals surface area (Å²) in [6.45, 7) is 0. The van der Waals surface area contributed by atoms with Crippen LogP contribution in [0, 0.1) is 0 Å². The number of hydrogen-bond acceptors (Lipinski definition) is 4. The maximum absolute atomic E-state index is 12.0. The molecule has 0 unspecified atom stereocenters. The molecule has 94 valence electrons. The summed E-state index contributed by atoms with van der Waals surface area (Å²) in [5.74, 6) is 0.0786. The molecule has 0 fully saturated rings.